The molecule has 1 aromatic heterocycles. The number of rotatable bonds is 3. The summed E-state index contributed by atoms with van der Waals surface area (Å²) in [4.78, 5) is 11.9. The number of benzene rings is 1. The maximum atomic E-state index is 11.9. The Labute approximate surface area is 116 Å². The molecule has 0 saturated carbocycles. The topological polar surface area (TPSA) is 55.0 Å². The summed E-state index contributed by atoms with van der Waals surface area (Å²) < 4.78 is 10.2. The van der Waals surface area contributed by atoms with Gasteiger partial charge in [-0.3, -0.25) is 9.80 Å². The number of carbonyl (C=O) groups excluding carboxylic acids is 1. The number of para-hydroxylation sites is 1. The molecule has 1 atom stereocenters. The Balaban J connectivity index is 1.96. The number of esters is 1. The van der Waals surface area contributed by atoms with Crippen molar-refractivity contribution in [3.05, 3.63) is 54.5 Å². The van der Waals surface area contributed by atoms with E-state index in [0.29, 0.717) is 18.0 Å². The predicted octanol–water partition coefficient (Wildman–Crippen LogP) is 2.29. The fourth-order valence-electron chi connectivity index (χ4n) is 2.24. The molecule has 0 radical (unpaired) electrons. The number of hydrogen-bond donors (Lipinski definition) is 0. The van der Waals surface area contributed by atoms with E-state index in [1.807, 2.05) is 30.3 Å². The number of nitrogens with zero attached hydrogens (tertiary/aromatic N) is 2. The van der Waals surface area contributed by atoms with Gasteiger partial charge in [-0.15, -0.1) is 0 Å². The number of hydrazone groups is 1. The minimum Gasteiger partial charge on any atom is -0.468 e. The van der Waals surface area contributed by atoms with Gasteiger partial charge in [0.05, 0.1) is 25.6 Å². The average Bonchev–Trinajstić information content (AvgIpc) is 3.16. The molecule has 5 heteroatoms. The van der Waals surface area contributed by atoms with Crippen molar-refractivity contribution in [2.45, 2.75) is 0 Å². The van der Waals surface area contributed by atoms with Gasteiger partial charge in [0.25, 0.3) is 0 Å². The SMILES string of the molecule is COC(=O)C1CN(c2ccccc2)N=C1c1ccco1. The second kappa shape index (κ2) is 5.21. The lowest BCUT2D eigenvalue weighted by molar-refractivity contribution is -0.142. The van der Waals surface area contributed by atoms with Crippen molar-refractivity contribution in [2.24, 2.45) is 11.0 Å². The van der Waals surface area contributed by atoms with E-state index in [1.165, 1.54) is 7.11 Å². The number of methoxy groups -OCH3 is 1. The summed E-state index contributed by atoms with van der Waals surface area (Å²) in [5, 5.41) is 6.30. The fraction of sp³-hybridized carbons (Fsp3) is 0.200. The molecule has 0 spiro atoms. The number of ether oxygens (including phenoxy) is 1. The van der Waals surface area contributed by atoms with E-state index in [0.717, 1.165) is 5.69 Å². The molecule has 1 aliphatic rings. The molecule has 2 aromatic rings. The normalized spacial score (nSPS) is 17.9. The van der Waals surface area contributed by atoms with Crippen molar-refractivity contribution in [1.29, 1.82) is 0 Å². The van der Waals surface area contributed by atoms with E-state index in [-0.39, 0.29) is 5.97 Å². The second-order valence-electron chi connectivity index (χ2n) is 4.46. The Morgan fingerprint density at radius 1 is 1.30 bits per heavy atom. The van der Waals surface area contributed by atoms with Gasteiger partial charge in [-0.25, -0.2) is 0 Å². The van der Waals surface area contributed by atoms with Crippen molar-refractivity contribution in [2.75, 3.05) is 18.7 Å². The first-order valence-corrected chi connectivity index (χ1v) is 6.32. The van der Waals surface area contributed by atoms with E-state index in [9.17, 15) is 4.79 Å². The lowest BCUT2D eigenvalue weighted by atomic mass is 10.0. The highest BCUT2D eigenvalue weighted by Gasteiger charge is 2.36. The van der Waals surface area contributed by atoms with Gasteiger partial charge in [-0.2, -0.15) is 5.10 Å². The summed E-state index contributed by atoms with van der Waals surface area (Å²) in [7, 11) is 1.38. The molecule has 0 fully saturated rings. The first kappa shape index (κ1) is 12.5. The van der Waals surface area contributed by atoms with Crippen LogP contribution in [0.15, 0.2) is 58.2 Å². The maximum absolute atomic E-state index is 11.9. The van der Waals surface area contributed by atoms with Gasteiger partial charge in [0, 0.05) is 0 Å². The number of carbonyl (C=O) groups is 1. The van der Waals surface area contributed by atoms with Crippen LogP contribution in [0.1, 0.15) is 5.76 Å². The molecule has 1 aromatic carbocycles. The van der Waals surface area contributed by atoms with Crippen molar-refractivity contribution in [1.82, 2.24) is 0 Å². The molecular weight excluding hydrogens is 256 g/mol. The first-order chi connectivity index (χ1) is 9.79. The van der Waals surface area contributed by atoms with Gasteiger partial charge in [-0.1, -0.05) is 18.2 Å². The molecule has 0 N–H and O–H groups in total. The van der Waals surface area contributed by atoms with E-state index >= 15 is 0 Å². The third-order valence-electron chi connectivity index (χ3n) is 3.23. The summed E-state index contributed by atoms with van der Waals surface area (Å²) in [6.07, 6.45) is 1.57. The van der Waals surface area contributed by atoms with Gasteiger partial charge in [-0.05, 0) is 24.3 Å². The van der Waals surface area contributed by atoms with Crippen LogP contribution in [0.25, 0.3) is 0 Å². The lowest BCUT2D eigenvalue weighted by Gasteiger charge is -2.14. The van der Waals surface area contributed by atoms with Crippen LogP contribution in [0.4, 0.5) is 5.69 Å². The summed E-state index contributed by atoms with van der Waals surface area (Å²) in [5.41, 5.74) is 1.54. The molecule has 5 nitrogen and oxygen atoms in total. The summed E-state index contributed by atoms with van der Waals surface area (Å²) in [6, 6.07) is 13.3. The highest BCUT2D eigenvalue weighted by atomic mass is 16.5. The monoisotopic (exact) mass is 270 g/mol. The van der Waals surface area contributed by atoms with Gasteiger partial charge in [0.15, 0.2) is 5.76 Å². The van der Waals surface area contributed by atoms with Gasteiger partial charge < -0.3 is 9.15 Å². The molecule has 3 rings (SSSR count). The largest absolute Gasteiger partial charge is 0.468 e. The number of anilines is 1. The minimum atomic E-state index is -0.439. The Morgan fingerprint density at radius 3 is 2.75 bits per heavy atom. The number of hydrogen-bond acceptors (Lipinski definition) is 5. The summed E-state index contributed by atoms with van der Waals surface area (Å²) in [5.74, 6) is -0.149. The summed E-state index contributed by atoms with van der Waals surface area (Å²) in [6.45, 7) is 0.451. The fourth-order valence-corrected chi connectivity index (χ4v) is 2.24. The third kappa shape index (κ3) is 2.18. The molecule has 102 valence electrons. The predicted molar refractivity (Wildman–Crippen MR) is 74.5 cm³/mol. The smallest absolute Gasteiger partial charge is 0.316 e. The third-order valence-corrected chi connectivity index (χ3v) is 3.23. The van der Waals surface area contributed by atoms with Crippen molar-refractivity contribution >= 4 is 17.4 Å². The summed E-state index contributed by atoms with van der Waals surface area (Å²) >= 11 is 0. The zero-order valence-electron chi connectivity index (χ0n) is 11.0. The van der Waals surface area contributed by atoms with Crippen LogP contribution in [0.2, 0.25) is 0 Å². The van der Waals surface area contributed by atoms with E-state index < -0.39 is 5.92 Å². The standard InChI is InChI=1S/C15H14N2O3/c1-19-15(18)12-10-17(11-6-3-2-4-7-11)16-14(12)13-8-5-9-20-13/h2-9,12H,10H2,1H3. The van der Waals surface area contributed by atoms with Crippen molar-refractivity contribution in [3.63, 3.8) is 0 Å². The van der Waals surface area contributed by atoms with Crippen molar-refractivity contribution < 1.29 is 13.9 Å². The van der Waals surface area contributed by atoms with Crippen LogP contribution >= 0.6 is 0 Å². The lowest BCUT2D eigenvalue weighted by Crippen LogP contribution is -2.28. The Morgan fingerprint density at radius 2 is 2.10 bits per heavy atom. The molecule has 0 amide bonds. The average molecular weight is 270 g/mol. The van der Waals surface area contributed by atoms with Crippen LogP contribution in [-0.4, -0.2) is 25.3 Å². The molecule has 1 aliphatic heterocycles. The highest BCUT2D eigenvalue weighted by molar-refractivity contribution is 6.12. The molecule has 20 heavy (non-hydrogen) atoms. The van der Waals surface area contributed by atoms with Crippen LogP contribution in [0, 0.1) is 5.92 Å². The van der Waals surface area contributed by atoms with Crippen LogP contribution < -0.4 is 5.01 Å². The molecule has 2 heterocycles. The van der Waals surface area contributed by atoms with Gasteiger partial charge in [0.2, 0.25) is 0 Å². The van der Waals surface area contributed by atoms with Crippen LogP contribution in [-0.2, 0) is 9.53 Å². The second-order valence-corrected chi connectivity index (χ2v) is 4.46. The molecule has 0 aliphatic carbocycles. The van der Waals surface area contributed by atoms with Gasteiger partial charge in [0.1, 0.15) is 11.6 Å². The van der Waals surface area contributed by atoms with E-state index in [4.69, 9.17) is 9.15 Å². The quantitative estimate of drug-likeness (QED) is 0.803. The zero-order valence-corrected chi connectivity index (χ0v) is 11.0. The zero-order chi connectivity index (χ0) is 13.9. The highest BCUT2D eigenvalue weighted by Crippen LogP contribution is 2.26. The van der Waals surface area contributed by atoms with Gasteiger partial charge >= 0.3 is 5.97 Å². The molecular formula is C15H14N2O3. The van der Waals surface area contributed by atoms with Crippen LogP contribution in [0.3, 0.4) is 0 Å². The van der Waals surface area contributed by atoms with E-state index in [1.54, 1.807) is 23.4 Å². The Kier molecular flexibility index (Phi) is 3.25. The Hall–Kier alpha value is -2.56. The Bertz CT molecular complexity index is 620. The molecule has 1 unspecified atom stereocenters. The number of furan rings is 1. The van der Waals surface area contributed by atoms with Crippen molar-refractivity contribution in [3.8, 4) is 0 Å². The molecule has 0 bridgehead atoms. The van der Waals surface area contributed by atoms with E-state index in [2.05, 4.69) is 5.10 Å². The first-order valence-electron chi connectivity index (χ1n) is 6.32. The molecule has 0 saturated heterocycles. The van der Waals surface area contributed by atoms with Crippen LogP contribution in [0.5, 0.6) is 0 Å². The maximum Gasteiger partial charge on any atom is 0.316 e. The minimum absolute atomic E-state index is 0.307.